The summed E-state index contributed by atoms with van der Waals surface area (Å²) in [4.78, 5) is 38.3. The summed E-state index contributed by atoms with van der Waals surface area (Å²) in [5.74, 6) is 2.59. The monoisotopic (exact) mass is 634 g/mol. The van der Waals surface area contributed by atoms with Gasteiger partial charge in [0.15, 0.2) is 0 Å². The van der Waals surface area contributed by atoms with Gasteiger partial charge in [-0.2, -0.15) is 0 Å². The van der Waals surface area contributed by atoms with Crippen molar-refractivity contribution >= 4 is 17.8 Å². The minimum Gasteiger partial charge on any atom is -0.465 e. The van der Waals surface area contributed by atoms with E-state index >= 15 is 0 Å². The largest absolute Gasteiger partial charge is 0.465 e. The number of ether oxygens (including phenoxy) is 1. The average Bonchev–Trinajstić information content (AvgIpc) is 3.48. The third-order valence-corrected chi connectivity index (χ3v) is 14.5. The molecule has 0 saturated heterocycles. The fourth-order valence-electron chi connectivity index (χ4n) is 12.4. The second-order valence-corrected chi connectivity index (χ2v) is 16.8. The lowest BCUT2D eigenvalue weighted by atomic mass is 9.36. The van der Waals surface area contributed by atoms with Crippen LogP contribution in [-0.4, -0.2) is 48.7 Å². The van der Waals surface area contributed by atoms with Gasteiger partial charge in [0.1, 0.15) is 6.54 Å². The average molecular weight is 635 g/mol. The van der Waals surface area contributed by atoms with Crippen molar-refractivity contribution in [2.45, 2.75) is 118 Å². The molecule has 6 rings (SSSR count). The highest BCUT2D eigenvalue weighted by molar-refractivity contribution is 5.96. The Morgan fingerprint density at radius 2 is 1.65 bits per heavy atom. The number of aliphatic hydroxyl groups excluding tert-OH is 1. The van der Waals surface area contributed by atoms with Gasteiger partial charge in [-0.1, -0.05) is 46.2 Å². The van der Waals surface area contributed by atoms with Crippen molar-refractivity contribution in [3.05, 3.63) is 35.4 Å². The Balaban J connectivity index is 1.09. The minimum atomic E-state index is -0.453. The third-order valence-electron chi connectivity index (χ3n) is 14.5. The number of benzene rings is 1. The van der Waals surface area contributed by atoms with Crippen LogP contribution in [0.2, 0.25) is 0 Å². The molecule has 2 amide bonds. The molecule has 0 spiro atoms. The Morgan fingerprint density at radius 1 is 0.870 bits per heavy atom. The van der Waals surface area contributed by atoms with E-state index in [2.05, 4.69) is 38.3 Å². The molecule has 46 heavy (non-hydrogen) atoms. The molecular formula is C39H58N2O5. The van der Waals surface area contributed by atoms with E-state index in [1.807, 2.05) is 18.2 Å². The van der Waals surface area contributed by atoms with E-state index in [1.54, 1.807) is 13.0 Å². The van der Waals surface area contributed by atoms with Crippen molar-refractivity contribution in [1.82, 2.24) is 10.6 Å². The molecule has 3 N–H and O–H groups in total. The maximum absolute atomic E-state index is 14.1. The van der Waals surface area contributed by atoms with Gasteiger partial charge in [0.25, 0.3) is 5.91 Å². The second-order valence-electron chi connectivity index (χ2n) is 16.8. The van der Waals surface area contributed by atoms with Crippen molar-refractivity contribution in [3.8, 4) is 0 Å². The van der Waals surface area contributed by atoms with Gasteiger partial charge in [0.2, 0.25) is 5.91 Å². The van der Waals surface area contributed by atoms with Crippen LogP contribution >= 0.6 is 0 Å². The first kappa shape index (κ1) is 33.5. The van der Waals surface area contributed by atoms with Crippen molar-refractivity contribution in [1.29, 1.82) is 0 Å². The second kappa shape index (κ2) is 12.6. The van der Waals surface area contributed by atoms with Crippen molar-refractivity contribution < 1.29 is 24.2 Å². The fraction of sp³-hybridized carbons (Fsp3) is 0.769. The summed E-state index contributed by atoms with van der Waals surface area (Å²) in [6.45, 7) is 12.3. The van der Waals surface area contributed by atoms with Crippen LogP contribution in [0.25, 0.3) is 0 Å². The molecule has 0 heterocycles. The third kappa shape index (κ3) is 5.50. The molecule has 5 aliphatic carbocycles. The first-order valence-electron chi connectivity index (χ1n) is 18.4. The Kier molecular flexibility index (Phi) is 9.14. The number of aliphatic hydroxyl groups is 1. The first-order chi connectivity index (χ1) is 21.9. The van der Waals surface area contributed by atoms with Crippen molar-refractivity contribution in [2.24, 2.45) is 51.2 Å². The molecule has 1 aromatic carbocycles. The number of fused-ring (bicyclic) bond motifs is 7. The molecule has 0 aliphatic heterocycles. The molecule has 5 aliphatic rings. The zero-order valence-electron chi connectivity index (χ0n) is 29.0. The predicted molar refractivity (Wildman–Crippen MR) is 179 cm³/mol. The van der Waals surface area contributed by atoms with Crippen LogP contribution in [0.1, 0.15) is 121 Å². The lowest BCUT2D eigenvalue weighted by Gasteiger charge is -2.69. The van der Waals surface area contributed by atoms with Crippen molar-refractivity contribution in [3.63, 3.8) is 0 Å². The van der Waals surface area contributed by atoms with Gasteiger partial charge in [-0.3, -0.25) is 14.4 Å². The SMILES string of the molecule is CCOC(=O)CNC(=O)c1cccc(CCNC(=O)C23CCCC2C2CCC4C(C)(CCC5C(C)(C)C(O)CCC54C)C2CC3)c1. The highest BCUT2D eigenvalue weighted by Gasteiger charge is 2.67. The number of carbonyl (C=O) groups is 3. The van der Waals surface area contributed by atoms with Crippen LogP contribution < -0.4 is 10.6 Å². The van der Waals surface area contributed by atoms with Crippen molar-refractivity contribution in [2.75, 3.05) is 19.7 Å². The van der Waals surface area contributed by atoms with Crippen LogP contribution in [0.5, 0.6) is 0 Å². The molecule has 0 radical (unpaired) electrons. The Labute approximate surface area is 276 Å². The first-order valence-corrected chi connectivity index (χ1v) is 18.4. The van der Waals surface area contributed by atoms with Gasteiger partial charge in [-0.15, -0.1) is 0 Å². The number of rotatable bonds is 8. The number of esters is 1. The Morgan fingerprint density at radius 3 is 2.43 bits per heavy atom. The van der Waals surface area contributed by atoms with Gasteiger partial charge in [0.05, 0.1) is 18.1 Å². The molecule has 1 aromatic rings. The van der Waals surface area contributed by atoms with Gasteiger partial charge >= 0.3 is 5.97 Å². The number of amides is 2. The van der Waals surface area contributed by atoms with E-state index in [0.29, 0.717) is 58.9 Å². The maximum Gasteiger partial charge on any atom is 0.325 e. The fourth-order valence-corrected chi connectivity index (χ4v) is 12.4. The standard InChI is InChI=1S/C39H58N2O5/c1-6-46-33(43)24-41-34(44)26-10-7-9-25(23-26)17-22-40-35(45)39-18-8-11-29(39)27-12-13-31-37(4,28(27)14-21-39)19-15-30-36(2,3)32(42)16-20-38(30,31)5/h7,9-10,23,27-32,42H,6,8,11-22,24H2,1-5H3,(H,40,45)(H,41,44). The quantitative estimate of drug-likeness (QED) is 0.285. The number of carbonyl (C=O) groups excluding carboxylic acids is 3. The van der Waals surface area contributed by atoms with Crippen LogP contribution in [0.15, 0.2) is 24.3 Å². The lowest BCUT2D eigenvalue weighted by molar-refractivity contribution is -0.214. The van der Waals surface area contributed by atoms with Crippen LogP contribution in [0.4, 0.5) is 0 Å². The molecule has 9 atom stereocenters. The minimum absolute atomic E-state index is 0.0196. The normalized spacial score (nSPS) is 39.2. The topological polar surface area (TPSA) is 105 Å². The Hall–Kier alpha value is -2.41. The summed E-state index contributed by atoms with van der Waals surface area (Å²) < 4.78 is 4.90. The summed E-state index contributed by atoms with van der Waals surface area (Å²) in [5, 5.41) is 16.9. The highest BCUT2D eigenvalue weighted by atomic mass is 16.5. The summed E-state index contributed by atoms with van der Waals surface area (Å²) in [6.07, 6.45) is 13.1. The molecule has 7 heteroatoms. The molecule has 0 bridgehead atoms. The smallest absolute Gasteiger partial charge is 0.325 e. The molecule has 9 unspecified atom stereocenters. The van der Waals surface area contributed by atoms with Crippen LogP contribution in [-0.2, 0) is 20.7 Å². The van der Waals surface area contributed by atoms with Crippen LogP contribution in [0, 0.1) is 51.2 Å². The predicted octanol–water partition coefficient (Wildman–Crippen LogP) is 6.46. The number of hydrogen-bond donors (Lipinski definition) is 3. The molecule has 254 valence electrons. The molecular weight excluding hydrogens is 576 g/mol. The van der Waals surface area contributed by atoms with Gasteiger partial charge in [-0.25, -0.2) is 0 Å². The number of nitrogens with one attached hydrogen (secondary N) is 2. The lowest BCUT2D eigenvalue weighted by Crippen LogP contribution is -2.63. The summed E-state index contributed by atoms with van der Waals surface area (Å²) in [7, 11) is 0. The van der Waals surface area contributed by atoms with E-state index < -0.39 is 5.97 Å². The maximum atomic E-state index is 14.1. The summed E-state index contributed by atoms with van der Waals surface area (Å²) in [6, 6.07) is 7.42. The van der Waals surface area contributed by atoms with Gasteiger partial charge in [0, 0.05) is 12.1 Å². The zero-order chi connectivity index (χ0) is 32.9. The number of hydrogen-bond acceptors (Lipinski definition) is 5. The van der Waals surface area contributed by atoms with E-state index in [-0.39, 0.29) is 41.9 Å². The molecule has 5 saturated carbocycles. The highest BCUT2D eigenvalue weighted by Crippen LogP contribution is 2.73. The molecule has 0 aromatic heterocycles. The van der Waals surface area contributed by atoms with E-state index in [9.17, 15) is 19.5 Å². The summed E-state index contributed by atoms with van der Waals surface area (Å²) >= 11 is 0. The Bertz CT molecular complexity index is 1330. The summed E-state index contributed by atoms with van der Waals surface area (Å²) in [5.41, 5.74) is 1.85. The van der Waals surface area contributed by atoms with E-state index in [4.69, 9.17) is 4.74 Å². The van der Waals surface area contributed by atoms with Crippen LogP contribution in [0.3, 0.4) is 0 Å². The van der Waals surface area contributed by atoms with E-state index in [0.717, 1.165) is 44.1 Å². The molecule has 5 fully saturated rings. The molecule has 7 nitrogen and oxygen atoms in total. The van der Waals surface area contributed by atoms with E-state index in [1.165, 1.54) is 32.1 Å². The van der Waals surface area contributed by atoms with Gasteiger partial charge < -0.3 is 20.5 Å². The van der Waals surface area contributed by atoms with Gasteiger partial charge in [-0.05, 0) is 141 Å². The zero-order valence-corrected chi connectivity index (χ0v) is 29.0.